The maximum atomic E-state index is 12.5. The molecule has 1 aromatic rings. The Morgan fingerprint density at radius 2 is 1.89 bits per heavy atom. The van der Waals surface area contributed by atoms with E-state index in [1.54, 1.807) is 13.0 Å². The van der Waals surface area contributed by atoms with Gasteiger partial charge in [0.25, 0.3) is 5.91 Å². The summed E-state index contributed by atoms with van der Waals surface area (Å²) in [5.41, 5.74) is 0.240. The summed E-state index contributed by atoms with van der Waals surface area (Å²) in [4.78, 5) is 36.2. The van der Waals surface area contributed by atoms with Gasteiger partial charge in [0.2, 0.25) is 5.91 Å². The first-order valence-corrected chi connectivity index (χ1v) is 10.1. The third-order valence-electron chi connectivity index (χ3n) is 5.59. The minimum absolute atomic E-state index is 0.0373. The summed E-state index contributed by atoms with van der Waals surface area (Å²) in [6.45, 7) is 3.57. The van der Waals surface area contributed by atoms with Gasteiger partial charge in [-0.05, 0) is 51.4 Å². The van der Waals surface area contributed by atoms with Crippen LogP contribution in [0.25, 0.3) is 0 Å². The third-order valence-corrected chi connectivity index (χ3v) is 5.59. The molecule has 1 atom stereocenters. The minimum atomic E-state index is -0.545. The van der Waals surface area contributed by atoms with Gasteiger partial charge in [0, 0.05) is 30.9 Å². The van der Waals surface area contributed by atoms with Gasteiger partial charge in [0.15, 0.2) is 11.5 Å². The number of rotatable bonds is 8. The second-order valence-electron chi connectivity index (χ2n) is 7.89. The fourth-order valence-electron chi connectivity index (χ4n) is 3.61. The molecule has 0 aliphatic heterocycles. The van der Waals surface area contributed by atoms with E-state index in [2.05, 4.69) is 15.8 Å². The summed E-state index contributed by atoms with van der Waals surface area (Å²) >= 11 is 0. The Kier molecular flexibility index (Phi) is 6.29. The summed E-state index contributed by atoms with van der Waals surface area (Å²) in [7, 11) is 0. The van der Waals surface area contributed by atoms with E-state index in [1.165, 1.54) is 0 Å². The Morgan fingerprint density at radius 1 is 1.19 bits per heavy atom. The van der Waals surface area contributed by atoms with Crippen molar-refractivity contribution in [3.8, 4) is 0 Å². The molecule has 1 aromatic heterocycles. The number of hydrogen-bond acceptors (Lipinski definition) is 5. The first kappa shape index (κ1) is 19.6. The monoisotopic (exact) mass is 375 g/mol. The molecule has 2 fully saturated rings. The van der Waals surface area contributed by atoms with Gasteiger partial charge >= 0.3 is 0 Å². The fourth-order valence-corrected chi connectivity index (χ4v) is 3.61. The molecule has 2 saturated carbocycles. The predicted octanol–water partition coefficient (Wildman–Crippen LogP) is 2.71. The fraction of sp³-hybridized carbons (Fsp3) is 0.700. The van der Waals surface area contributed by atoms with Crippen LogP contribution in [-0.2, 0) is 9.59 Å². The second-order valence-corrected chi connectivity index (χ2v) is 7.89. The molecule has 27 heavy (non-hydrogen) atoms. The van der Waals surface area contributed by atoms with Gasteiger partial charge < -0.3 is 15.2 Å². The second kappa shape index (κ2) is 8.67. The average molecular weight is 375 g/mol. The van der Waals surface area contributed by atoms with Crippen molar-refractivity contribution in [1.82, 2.24) is 15.8 Å². The number of aromatic nitrogens is 1. The van der Waals surface area contributed by atoms with Crippen LogP contribution in [0.4, 0.5) is 0 Å². The van der Waals surface area contributed by atoms with Crippen molar-refractivity contribution in [3.63, 3.8) is 0 Å². The predicted molar refractivity (Wildman–Crippen MR) is 99.2 cm³/mol. The lowest BCUT2D eigenvalue weighted by atomic mass is 9.82. The Hall–Kier alpha value is -2.18. The van der Waals surface area contributed by atoms with E-state index in [0.29, 0.717) is 24.7 Å². The van der Waals surface area contributed by atoms with Crippen molar-refractivity contribution in [1.29, 1.82) is 0 Å². The highest BCUT2D eigenvalue weighted by atomic mass is 16.5. The van der Waals surface area contributed by atoms with E-state index < -0.39 is 6.04 Å². The van der Waals surface area contributed by atoms with Crippen LogP contribution in [0, 0.1) is 5.92 Å². The summed E-state index contributed by atoms with van der Waals surface area (Å²) in [5, 5.41) is 9.57. The Labute approximate surface area is 159 Å². The van der Waals surface area contributed by atoms with Crippen LogP contribution in [0.5, 0.6) is 0 Å². The molecule has 148 valence electrons. The number of amides is 2. The maximum absolute atomic E-state index is 12.5. The van der Waals surface area contributed by atoms with E-state index in [4.69, 9.17) is 4.52 Å². The Bertz CT molecular complexity index is 687. The van der Waals surface area contributed by atoms with Crippen LogP contribution in [-0.4, -0.2) is 34.8 Å². The Balaban J connectivity index is 1.41. The maximum Gasteiger partial charge on any atom is 0.274 e. The first-order chi connectivity index (χ1) is 13.0. The van der Waals surface area contributed by atoms with Crippen molar-refractivity contribution in [2.24, 2.45) is 5.92 Å². The molecule has 7 nitrogen and oxygen atoms in total. The topological polar surface area (TPSA) is 101 Å². The molecule has 1 heterocycles. The normalized spacial score (nSPS) is 23.5. The summed E-state index contributed by atoms with van der Waals surface area (Å²) in [6, 6.07) is 1.36. The van der Waals surface area contributed by atoms with E-state index in [1.807, 2.05) is 6.92 Å². The molecule has 2 aliphatic rings. The largest absolute Gasteiger partial charge is 0.360 e. The quantitative estimate of drug-likeness (QED) is 0.727. The third kappa shape index (κ3) is 5.40. The van der Waals surface area contributed by atoms with E-state index in [9.17, 15) is 14.4 Å². The van der Waals surface area contributed by atoms with Gasteiger partial charge in [-0.2, -0.15) is 0 Å². The van der Waals surface area contributed by atoms with Crippen molar-refractivity contribution < 1.29 is 18.9 Å². The molecule has 2 amide bonds. The van der Waals surface area contributed by atoms with Crippen molar-refractivity contribution in [3.05, 3.63) is 17.5 Å². The number of nitrogens with zero attached hydrogens (tertiary/aromatic N) is 1. The zero-order chi connectivity index (χ0) is 19.4. The molecule has 0 saturated heterocycles. The molecule has 7 heteroatoms. The standard InChI is InChI=1S/C20H29N3O4/c1-3-19(25)22-15-8-4-13(5-9-15)10-17(24)12(2)21-20(26)16-11-18(27-23-16)14-6-7-14/h11-15H,3-10H2,1-2H3,(H,21,26)(H,22,25). The van der Waals surface area contributed by atoms with Crippen LogP contribution in [0.3, 0.4) is 0 Å². The van der Waals surface area contributed by atoms with Gasteiger partial charge in [-0.15, -0.1) is 0 Å². The highest BCUT2D eigenvalue weighted by molar-refractivity contribution is 5.96. The molecule has 0 radical (unpaired) electrons. The average Bonchev–Trinajstić information content (AvgIpc) is 3.39. The van der Waals surface area contributed by atoms with Crippen molar-refractivity contribution in [2.75, 3.05) is 0 Å². The summed E-state index contributed by atoms with van der Waals surface area (Å²) in [5.74, 6) is 1.23. The molecule has 0 aromatic carbocycles. The zero-order valence-corrected chi connectivity index (χ0v) is 16.1. The number of ketones is 1. The molecule has 0 spiro atoms. The molecule has 2 N–H and O–H groups in total. The Morgan fingerprint density at radius 3 is 2.52 bits per heavy atom. The van der Waals surface area contributed by atoms with Crippen LogP contribution in [0.2, 0.25) is 0 Å². The highest BCUT2D eigenvalue weighted by Crippen LogP contribution is 2.40. The number of hydrogen-bond donors (Lipinski definition) is 2. The van der Waals surface area contributed by atoms with Crippen LogP contribution in [0.1, 0.15) is 87.4 Å². The van der Waals surface area contributed by atoms with Crippen molar-refractivity contribution >= 4 is 17.6 Å². The molecule has 2 aliphatic carbocycles. The smallest absolute Gasteiger partial charge is 0.274 e. The van der Waals surface area contributed by atoms with Gasteiger partial charge in [0.05, 0.1) is 6.04 Å². The van der Waals surface area contributed by atoms with E-state index in [-0.39, 0.29) is 29.3 Å². The van der Waals surface area contributed by atoms with Crippen LogP contribution >= 0.6 is 0 Å². The van der Waals surface area contributed by atoms with Gasteiger partial charge in [-0.1, -0.05) is 12.1 Å². The molecule has 1 unspecified atom stereocenters. The summed E-state index contributed by atoms with van der Waals surface area (Å²) < 4.78 is 5.19. The summed E-state index contributed by atoms with van der Waals surface area (Å²) in [6.07, 6.45) is 6.79. The molecular weight excluding hydrogens is 346 g/mol. The molecular formula is C20H29N3O4. The highest BCUT2D eigenvalue weighted by Gasteiger charge is 2.30. The van der Waals surface area contributed by atoms with Gasteiger partial charge in [-0.3, -0.25) is 14.4 Å². The number of nitrogens with one attached hydrogen (secondary N) is 2. The number of carbonyl (C=O) groups excluding carboxylic acids is 3. The van der Waals surface area contributed by atoms with Gasteiger partial charge in [0.1, 0.15) is 5.76 Å². The lowest BCUT2D eigenvalue weighted by molar-refractivity contribution is -0.123. The SMILES string of the molecule is CCC(=O)NC1CCC(CC(=O)C(C)NC(=O)c2cc(C3CC3)on2)CC1. The van der Waals surface area contributed by atoms with Crippen LogP contribution < -0.4 is 10.6 Å². The number of carbonyl (C=O) groups is 3. The zero-order valence-electron chi connectivity index (χ0n) is 16.1. The van der Waals surface area contributed by atoms with Crippen molar-refractivity contribution in [2.45, 2.75) is 83.2 Å². The molecule has 0 bridgehead atoms. The number of Topliss-reactive ketones (excluding diaryl/α,β-unsaturated/α-hetero) is 1. The van der Waals surface area contributed by atoms with Gasteiger partial charge in [-0.25, -0.2) is 0 Å². The lowest BCUT2D eigenvalue weighted by Crippen LogP contribution is -2.40. The minimum Gasteiger partial charge on any atom is -0.360 e. The molecule has 3 rings (SSSR count). The van der Waals surface area contributed by atoms with E-state index >= 15 is 0 Å². The first-order valence-electron chi connectivity index (χ1n) is 10.1. The van der Waals surface area contributed by atoms with E-state index in [0.717, 1.165) is 44.3 Å². The lowest BCUT2D eigenvalue weighted by Gasteiger charge is -2.29. The van der Waals surface area contributed by atoms with Crippen LogP contribution in [0.15, 0.2) is 10.6 Å².